The largest absolute Gasteiger partial charge is 0.497 e. The molecule has 0 fully saturated rings. The van der Waals surface area contributed by atoms with Gasteiger partial charge in [0.15, 0.2) is 12.4 Å². The molecular formula is C15H20BrNO4. The molecule has 1 unspecified atom stereocenters. The smallest absolute Gasteiger partial charge is 0.258 e. The van der Waals surface area contributed by atoms with Gasteiger partial charge in [0.05, 0.1) is 17.6 Å². The molecule has 0 saturated heterocycles. The zero-order chi connectivity index (χ0) is 16.0. The number of hydrogen-bond donors (Lipinski definition) is 1. The van der Waals surface area contributed by atoms with Gasteiger partial charge in [-0.1, -0.05) is 13.8 Å². The van der Waals surface area contributed by atoms with Crippen LogP contribution >= 0.6 is 15.9 Å². The summed E-state index contributed by atoms with van der Waals surface area (Å²) in [7, 11) is 1.57. The molecule has 0 aromatic heterocycles. The molecule has 0 radical (unpaired) electrons. The Hall–Kier alpha value is -1.56. The third kappa shape index (κ3) is 5.38. The van der Waals surface area contributed by atoms with Crippen LogP contribution in [0.4, 0.5) is 0 Å². The first-order valence-corrected chi connectivity index (χ1v) is 7.40. The number of rotatable bonds is 7. The normalized spacial score (nSPS) is 11.9. The van der Waals surface area contributed by atoms with E-state index in [0.717, 1.165) is 0 Å². The average molecular weight is 358 g/mol. The molecule has 1 atom stereocenters. The fraction of sp³-hybridized carbons (Fsp3) is 0.467. The number of benzene rings is 1. The van der Waals surface area contributed by atoms with Crippen molar-refractivity contribution in [2.24, 2.45) is 5.92 Å². The Labute approximate surface area is 133 Å². The summed E-state index contributed by atoms with van der Waals surface area (Å²) in [6, 6.07) is 4.71. The summed E-state index contributed by atoms with van der Waals surface area (Å²) in [6.07, 6.45) is 0. The lowest BCUT2D eigenvalue weighted by molar-refractivity contribution is -0.129. The minimum absolute atomic E-state index is 0.0409. The summed E-state index contributed by atoms with van der Waals surface area (Å²) in [4.78, 5) is 23.3. The standard InChI is InChI=1S/C15H20BrNO4/c1-9(2)15(10(3)18)17-14(19)8-21-13-6-5-11(20-4)7-12(13)16/h5-7,9,15H,8H2,1-4H3,(H,17,19). The summed E-state index contributed by atoms with van der Waals surface area (Å²) in [5, 5.41) is 2.67. The molecule has 116 valence electrons. The highest BCUT2D eigenvalue weighted by atomic mass is 79.9. The predicted molar refractivity (Wildman–Crippen MR) is 83.6 cm³/mol. The monoisotopic (exact) mass is 357 g/mol. The number of methoxy groups -OCH3 is 1. The van der Waals surface area contributed by atoms with Crippen LogP contribution in [0, 0.1) is 5.92 Å². The average Bonchev–Trinajstić information content (AvgIpc) is 2.42. The molecule has 0 aliphatic carbocycles. The number of carbonyl (C=O) groups is 2. The predicted octanol–water partition coefficient (Wildman–Crippen LogP) is 2.57. The number of Topliss-reactive ketones (excluding diaryl/α,β-unsaturated/α-hetero) is 1. The summed E-state index contributed by atoms with van der Waals surface area (Å²) in [6.45, 7) is 5.08. The van der Waals surface area contributed by atoms with Crippen LogP contribution in [0.25, 0.3) is 0 Å². The van der Waals surface area contributed by atoms with Crippen molar-refractivity contribution >= 4 is 27.6 Å². The fourth-order valence-corrected chi connectivity index (χ4v) is 2.29. The van der Waals surface area contributed by atoms with Crippen LogP contribution in [0.15, 0.2) is 22.7 Å². The molecule has 1 aromatic rings. The first-order chi connectivity index (χ1) is 9.85. The maximum absolute atomic E-state index is 11.8. The van der Waals surface area contributed by atoms with Crippen molar-refractivity contribution in [2.45, 2.75) is 26.8 Å². The molecule has 0 heterocycles. The molecule has 1 aromatic carbocycles. The van der Waals surface area contributed by atoms with Gasteiger partial charge in [-0.05, 0) is 47.0 Å². The molecule has 5 nitrogen and oxygen atoms in total. The van der Waals surface area contributed by atoms with Gasteiger partial charge >= 0.3 is 0 Å². The first-order valence-electron chi connectivity index (χ1n) is 6.61. The Morgan fingerprint density at radius 3 is 2.48 bits per heavy atom. The summed E-state index contributed by atoms with van der Waals surface area (Å²) in [5.74, 6) is 0.875. The van der Waals surface area contributed by atoms with Crippen molar-refractivity contribution in [2.75, 3.05) is 13.7 Å². The van der Waals surface area contributed by atoms with Crippen LogP contribution in [-0.2, 0) is 9.59 Å². The van der Waals surface area contributed by atoms with Crippen LogP contribution in [0.2, 0.25) is 0 Å². The maximum Gasteiger partial charge on any atom is 0.258 e. The molecule has 21 heavy (non-hydrogen) atoms. The van der Waals surface area contributed by atoms with E-state index >= 15 is 0 Å². The van der Waals surface area contributed by atoms with Gasteiger partial charge in [-0.15, -0.1) is 0 Å². The molecule has 0 aliphatic heterocycles. The Morgan fingerprint density at radius 1 is 1.33 bits per heavy atom. The van der Waals surface area contributed by atoms with Crippen molar-refractivity contribution in [1.82, 2.24) is 5.32 Å². The van der Waals surface area contributed by atoms with Crippen LogP contribution in [-0.4, -0.2) is 31.4 Å². The van der Waals surface area contributed by atoms with E-state index in [1.54, 1.807) is 25.3 Å². The Kier molecular flexibility index (Phi) is 6.68. The Bertz CT molecular complexity index is 516. The van der Waals surface area contributed by atoms with Gasteiger partial charge in [-0.3, -0.25) is 9.59 Å². The molecule has 6 heteroatoms. The van der Waals surface area contributed by atoms with E-state index in [0.29, 0.717) is 16.0 Å². The van der Waals surface area contributed by atoms with Gasteiger partial charge in [-0.25, -0.2) is 0 Å². The highest BCUT2D eigenvalue weighted by Crippen LogP contribution is 2.28. The molecule has 0 aliphatic rings. The Morgan fingerprint density at radius 2 is 2.00 bits per heavy atom. The molecule has 0 bridgehead atoms. The van der Waals surface area contributed by atoms with Gasteiger partial charge in [0.25, 0.3) is 5.91 Å². The van der Waals surface area contributed by atoms with E-state index in [1.165, 1.54) is 6.92 Å². The lowest BCUT2D eigenvalue weighted by atomic mass is 10.0. The molecular weight excluding hydrogens is 338 g/mol. The maximum atomic E-state index is 11.8. The first kappa shape index (κ1) is 17.5. The van der Waals surface area contributed by atoms with E-state index in [-0.39, 0.29) is 24.2 Å². The van der Waals surface area contributed by atoms with Crippen molar-refractivity contribution in [3.63, 3.8) is 0 Å². The van der Waals surface area contributed by atoms with Crippen molar-refractivity contribution < 1.29 is 19.1 Å². The van der Waals surface area contributed by atoms with Crippen molar-refractivity contribution in [3.8, 4) is 11.5 Å². The zero-order valence-electron chi connectivity index (χ0n) is 12.6. The molecule has 0 spiro atoms. The lowest BCUT2D eigenvalue weighted by Crippen LogP contribution is -2.45. The number of nitrogens with one attached hydrogen (secondary N) is 1. The minimum Gasteiger partial charge on any atom is -0.497 e. The third-order valence-corrected chi connectivity index (χ3v) is 3.54. The minimum atomic E-state index is -0.486. The fourth-order valence-electron chi connectivity index (χ4n) is 1.82. The molecule has 1 amide bonds. The van der Waals surface area contributed by atoms with E-state index in [1.807, 2.05) is 13.8 Å². The number of ketones is 1. The van der Waals surface area contributed by atoms with E-state index in [4.69, 9.17) is 9.47 Å². The topological polar surface area (TPSA) is 64.6 Å². The lowest BCUT2D eigenvalue weighted by Gasteiger charge is -2.19. The van der Waals surface area contributed by atoms with E-state index in [2.05, 4.69) is 21.2 Å². The summed E-state index contributed by atoms with van der Waals surface area (Å²) >= 11 is 3.34. The van der Waals surface area contributed by atoms with Gasteiger partial charge in [-0.2, -0.15) is 0 Å². The van der Waals surface area contributed by atoms with Gasteiger partial charge in [0, 0.05) is 0 Å². The third-order valence-electron chi connectivity index (χ3n) is 2.92. The van der Waals surface area contributed by atoms with Gasteiger partial charge in [0.1, 0.15) is 11.5 Å². The van der Waals surface area contributed by atoms with Crippen LogP contribution in [0.5, 0.6) is 11.5 Å². The molecule has 1 N–H and O–H groups in total. The number of amides is 1. The number of hydrogen-bond acceptors (Lipinski definition) is 4. The van der Waals surface area contributed by atoms with Crippen LogP contribution in [0.1, 0.15) is 20.8 Å². The second-order valence-electron chi connectivity index (χ2n) is 4.98. The van der Waals surface area contributed by atoms with Gasteiger partial charge < -0.3 is 14.8 Å². The number of ether oxygens (including phenoxy) is 2. The Balaban J connectivity index is 2.59. The summed E-state index contributed by atoms with van der Waals surface area (Å²) < 4.78 is 11.2. The highest BCUT2D eigenvalue weighted by Gasteiger charge is 2.20. The quantitative estimate of drug-likeness (QED) is 0.814. The SMILES string of the molecule is COc1ccc(OCC(=O)NC(C(C)=O)C(C)C)c(Br)c1. The second kappa shape index (κ2) is 8.02. The van der Waals surface area contributed by atoms with E-state index < -0.39 is 6.04 Å². The van der Waals surface area contributed by atoms with Crippen LogP contribution in [0.3, 0.4) is 0 Å². The molecule has 1 rings (SSSR count). The zero-order valence-corrected chi connectivity index (χ0v) is 14.2. The molecule has 0 saturated carbocycles. The number of halogens is 1. The second-order valence-corrected chi connectivity index (χ2v) is 5.84. The summed E-state index contributed by atoms with van der Waals surface area (Å²) in [5.41, 5.74) is 0. The highest BCUT2D eigenvalue weighted by molar-refractivity contribution is 9.10. The van der Waals surface area contributed by atoms with Crippen molar-refractivity contribution in [1.29, 1.82) is 0 Å². The van der Waals surface area contributed by atoms with E-state index in [9.17, 15) is 9.59 Å². The number of carbonyl (C=O) groups excluding carboxylic acids is 2. The van der Waals surface area contributed by atoms with Crippen LogP contribution < -0.4 is 14.8 Å². The van der Waals surface area contributed by atoms with Gasteiger partial charge in [0.2, 0.25) is 0 Å². The van der Waals surface area contributed by atoms with Crippen molar-refractivity contribution in [3.05, 3.63) is 22.7 Å².